The van der Waals surface area contributed by atoms with Crippen LogP contribution in [0.25, 0.3) is 21.5 Å². The maximum absolute atomic E-state index is 12.4. The van der Waals surface area contributed by atoms with Crippen LogP contribution in [0.3, 0.4) is 0 Å². The molecule has 0 heterocycles. The van der Waals surface area contributed by atoms with Gasteiger partial charge in [0.2, 0.25) is 0 Å². The molecule has 56 heavy (non-hydrogen) atoms. The van der Waals surface area contributed by atoms with Gasteiger partial charge in [-0.05, 0) is 77.5 Å². The molecule has 0 amide bonds. The molecular formula is C30H23N5O16S5. The number of nitrogen functional groups attached to an aromatic ring is 1. The highest BCUT2D eigenvalue weighted by atomic mass is 32.2. The SMILES string of the molecule is Nc1cc2c(O)c(N=Nc3ccc(N=Nc4ccc(S(=O)(=O)O)c5cc(S(=O)(=O)O)ccc45)c4c3CC(S(=O)(=O)O)=CC4)c(S(=O)(=O)O)cc2cc1S(=O)(=O)O. The molecule has 1 aliphatic carbocycles. The lowest BCUT2D eigenvalue weighted by atomic mass is 9.93. The summed E-state index contributed by atoms with van der Waals surface area (Å²) >= 11 is 0. The van der Waals surface area contributed by atoms with E-state index in [4.69, 9.17) is 5.73 Å². The number of fused-ring (bicyclic) bond motifs is 3. The Labute approximate surface area is 316 Å². The fourth-order valence-corrected chi connectivity index (χ4v) is 8.92. The summed E-state index contributed by atoms with van der Waals surface area (Å²) in [6.07, 6.45) is 0.400. The highest BCUT2D eigenvalue weighted by molar-refractivity contribution is 7.89. The number of benzene rings is 5. The molecule has 0 unspecified atom stereocenters. The van der Waals surface area contributed by atoms with Crippen molar-refractivity contribution in [2.24, 2.45) is 20.5 Å². The van der Waals surface area contributed by atoms with E-state index in [1.54, 1.807) is 0 Å². The first-order chi connectivity index (χ1) is 25.7. The second-order valence-corrected chi connectivity index (χ2v) is 18.9. The summed E-state index contributed by atoms with van der Waals surface area (Å²) in [5.41, 5.74) is 4.39. The van der Waals surface area contributed by atoms with Gasteiger partial charge in [0.1, 0.15) is 20.4 Å². The van der Waals surface area contributed by atoms with Gasteiger partial charge in [-0.1, -0.05) is 12.1 Å². The predicted octanol–water partition coefficient (Wildman–Crippen LogP) is 4.97. The van der Waals surface area contributed by atoms with Gasteiger partial charge < -0.3 is 10.8 Å². The van der Waals surface area contributed by atoms with Crippen molar-refractivity contribution in [3.05, 3.63) is 82.8 Å². The van der Waals surface area contributed by atoms with Crippen LogP contribution >= 0.6 is 0 Å². The van der Waals surface area contributed by atoms with Gasteiger partial charge in [0.05, 0.1) is 32.6 Å². The Bertz CT molecular complexity index is 3240. The number of rotatable bonds is 9. The molecule has 0 saturated carbocycles. The average molecular weight is 870 g/mol. The van der Waals surface area contributed by atoms with Gasteiger partial charge >= 0.3 is 0 Å². The second kappa shape index (κ2) is 13.7. The summed E-state index contributed by atoms with van der Waals surface area (Å²) in [5, 5.41) is 26.2. The molecule has 0 saturated heterocycles. The zero-order valence-electron chi connectivity index (χ0n) is 27.4. The van der Waals surface area contributed by atoms with Crippen LogP contribution in [0.2, 0.25) is 0 Å². The third-order valence-electron chi connectivity index (χ3n) is 8.36. The van der Waals surface area contributed by atoms with Crippen molar-refractivity contribution >= 4 is 101 Å². The van der Waals surface area contributed by atoms with Crippen LogP contribution in [0.5, 0.6) is 5.75 Å². The number of azo groups is 2. The first-order valence-electron chi connectivity index (χ1n) is 15.0. The van der Waals surface area contributed by atoms with E-state index in [-0.39, 0.29) is 56.2 Å². The zero-order chi connectivity index (χ0) is 41.3. The lowest BCUT2D eigenvalue weighted by molar-refractivity contribution is 0.472. The normalized spacial score (nSPS) is 14.5. The van der Waals surface area contributed by atoms with Crippen LogP contribution in [0.15, 0.2) is 112 Å². The third kappa shape index (κ3) is 7.87. The molecule has 1 aliphatic rings. The minimum absolute atomic E-state index is 0.0371. The number of hydrogen-bond donors (Lipinski definition) is 7. The lowest BCUT2D eigenvalue weighted by Gasteiger charge is -2.18. The Morgan fingerprint density at radius 2 is 1.07 bits per heavy atom. The van der Waals surface area contributed by atoms with Gasteiger partial charge in [-0.3, -0.25) is 22.8 Å². The van der Waals surface area contributed by atoms with Crippen LogP contribution in [0, 0.1) is 0 Å². The molecule has 5 aromatic carbocycles. The van der Waals surface area contributed by atoms with Gasteiger partial charge in [0.15, 0.2) is 5.75 Å². The maximum Gasteiger partial charge on any atom is 0.296 e. The molecule has 0 spiro atoms. The van der Waals surface area contributed by atoms with Gasteiger partial charge in [-0.2, -0.15) is 52.3 Å². The topological polar surface area (TPSA) is 368 Å². The highest BCUT2D eigenvalue weighted by Gasteiger charge is 2.27. The number of anilines is 1. The Balaban J connectivity index is 1.51. The maximum atomic E-state index is 12.4. The van der Waals surface area contributed by atoms with E-state index < -0.39 is 98.6 Å². The second-order valence-electron chi connectivity index (χ2n) is 11.9. The summed E-state index contributed by atoms with van der Waals surface area (Å²) in [5.74, 6) is -0.957. The molecule has 0 atom stereocenters. The Hall–Kier alpha value is -5.29. The van der Waals surface area contributed by atoms with Crippen LogP contribution in [0.1, 0.15) is 11.1 Å². The van der Waals surface area contributed by atoms with Crippen LogP contribution in [-0.4, -0.2) is 70.0 Å². The minimum atomic E-state index is -5.23. The number of aromatic hydroxyl groups is 1. The Morgan fingerprint density at radius 3 is 1.66 bits per heavy atom. The standard InChI is InChI=1S/C30H23N5O16S5/c31-22-13-19-14(9-27(22)55(46,47)48)10-28(56(49,50)51)29(30(19)36)35-34-25-6-5-23(17-3-1-15(11-20(17)25)52(37,38)39)32-33-24-7-8-26(54(43,44)45)21-12-16(53(40,41)42)2-4-18(21)24/h1-2,4-10,12-13,36H,3,11,31H2,(H,37,38,39)(H,40,41,42)(H,43,44,45)(H,46,47,48)(H,49,50,51). The van der Waals surface area contributed by atoms with E-state index in [2.05, 4.69) is 20.5 Å². The molecule has 0 fully saturated rings. The van der Waals surface area contributed by atoms with E-state index in [1.165, 1.54) is 12.1 Å². The van der Waals surface area contributed by atoms with E-state index in [0.717, 1.165) is 54.6 Å². The first-order valence-corrected chi connectivity index (χ1v) is 22.2. The summed E-state index contributed by atoms with van der Waals surface area (Å²) in [7, 11) is -24.6. The van der Waals surface area contributed by atoms with Gasteiger partial charge in [0, 0.05) is 22.6 Å². The molecule has 0 aromatic heterocycles. The van der Waals surface area contributed by atoms with Crippen molar-refractivity contribution in [3.8, 4) is 5.75 Å². The molecule has 6 rings (SSSR count). The molecular weight excluding hydrogens is 847 g/mol. The lowest BCUT2D eigenvalue weighted by Crippen LogP contribution is -2.11. The fraction of sp³-hybridized carbons (Fsp3) is 0.0667. The molecule has 0 radical (unpaired) electrons. The van der Waals surface area contributed by atoms with Crippen LogP contribution in [0.4, 0.5) is 28.4 Å². The monoisotopic (exact) mass is 869 g/mol. The highest BCUT2D eigenvalue weighted by Crippen LogP contribution is 2.45. The Kier molecular flexibility index (Phi) is 9.89. The average Bonchev–Trinajstić information content (AvgIpc) is 3.07. The zero-order valence-corrected chi connectivity index (χ0v) is 31.5. The van der Waals surface area contributed by atoms with E-state index in [9.17, 15) is 70.0 Å². The van der Waals surface area contributed by atoms with Gasteiger partial charge in [-0.15, -0.1) is 10.2 Å². The minimum Gasteiger partial charge on any atom is -0.505 e. The predicted molar refractivity (Wildman–Crippen MR) is 195 cm³/mol. The van der Waals surface area contributed by atoms with Crippen molar-refractivity contribution in [1.82, 2.24) is 0 Å². The molecule has 8 N–H and O–H groups in total. The van der Waals surface area contributed by atoms with Crippen molar-refractivity contribution in [2.75, 3.05) is 5.73 Å². The summed E-state index contributed by atoms with van der Waals surface area (Å²) < 4.78 is 169. The fourth-order valence-electron chi connectivity index (χ4n) is 5.82. The number of allylic oxidation sites excluding steroid dienone is 2. The first kappa shape index (κ1) is 40.4. The van der Waals surface area contributed by atoms with E-state index >= 15 is 0 Å². The van der Waals surface area contributed by atoms with E-state index in [1.807, 2.05) is 0 Å². The smallest absolute Gasteiger partial charge is 0.296 e. The van der Waals surface area contributed by atoms with Crippen molar-refractivity contribution < 1.29 is 70.0 Å². The number of phenolic OH excluding ortho intramolecular Hbond substituents is 1. The molecule has 26 heteroatoms. The molecule has 0 bridgehead atoms. The Morgan fingerprint density at radius 1 is 0.518 bits per heavy atom. The number of nitrogens with two attached hydrogens (primary N) is 1. The summed E-state index contributed by atoms with van der Waals surface area (Å²) in [6, 6.07) is 9.75. The third-order valence-corrected chi connectivity index (χ3v) is 12.9. The number of phenols is 1. The summed E-state index contributed by atoms with van der Waals surface area (Å²) in [4.78, 5) is -3.78. The van der Waals surface area contributed by atoms with Crippen molar-refractivity contribution in [1.29, 1.82) is 0 Å². The van der Waals surface area contributed by atoms with Crippen LogP contribution < -0.4 is 5.73 Å². The van der Waals surface area contributed by atoms with Gasteiger partial charge in [0.25, 0.3) is 50.6 Å². The molecule has 21 nitrogen and oxygen atoms in total. The van der Waals surface area contributed by atoms with Crippen molar-refractivity contribution in [2.45, 2.75) is 32.4 Å². The number of nitrogens with zero attached hydrogens (tertiary/aromatic N) is 4. The molecule has 5 aromatic rings. The molecule has 294 valence electrons. The summed E-state index contributed by atoms with van der Waals surface area (Å²) in [6.45, 7) is 0. The van der Waals surface area contributed by atoms with Gasteiger partial charge in [-0.25, -0.2) is 0 Å². The largest absolute Gasteiger partial charge is 0.505 e. The quantitative estimate of drug-likeness (QED) is 0.0584. The van der Waals surface area contributed by atoms with Crippen molar-refractivity contribution in [3.63, 3.8) is 0 Å². The molecule has 0 aliphatic heterocycles. The van der Waals surface area contributed by atoms with E-state index in [0.29, 0.717) is 0 Å². The van der Waals surface area contributed by atoms with Crippen LogP contribution in [-0.2, 0) is 63.4 Å². The number of hydrogen-bond acceptors (Lipinski definition) is 16.